The molecule has 0 aliphatic carbocycles. The molecule has 0 aliphatic heterocycles. The predicted molar refractivity (Wildman–Crippen MR) is 81.2 cm³/mol. The Labute approximate surface area is 125 Å². The van der Waals surface area contributed by atoms with Crippen molar-refractivity contribution in [3.63, 3.8) is 0 Å². The fourth-order valence-electron chi connectivity index (χ4n) is 1.28. The highest BCUT2D eigenvalue weighted by molar-refractivity contribution is 9.10. The Kier molecular flexibility index (Phi) is 6.94. The lowest BCUT2D eigenvalue weighted by atomic mass is 10.4. The van der Waals surface area contributed by atoms with Gasteiger partial charge in [-0.3, -0.25) is 9.59 Å². The molecule has 4 nitrogen and oxygen atoms in total. The van der Waals surface area contributed by atoms with Gasteiger partial charge in [-0.25, -0.2) is 0 Å². The topological polar surface area (TPSA) is 58.2 Å². The minimum absolute atomic E-state index is 0.0257. The van der Waals surface area contributed by atoms with Crippen molar-refractivity contribution in [2.75, 3.05) is 12.3 Å². The van der Waals surface area contributed by atoms with Crippen LogP contribution in [0.5, 0.6) is 0 Å². The number of thioether (sulfide) groups is 1. The Morgan fingerprint density at radius 3 is 2.42 bits per heavy atom. The van der Waals surface area contributed by atoms with Gasteiger partial charge in [0.1, 0.15) is 0 Å². The summed E-state index contributed by atoms with van der Waals surface area (Å²) in [5, 5.41) is 5.30. The molecular weight excluding hydrogens is 328 g/mol. The van der Waals surface area contributed by atoms with Gasteiger partial charge in [-0.2, -0.15) is 0 Å². The van der Waals surface area contributed by atoms with E-state index >= 15 is 0 Å². The van der Waals surface area contributed by atoms with Crippen LogP contribution in [0.1, 0.15) is 13.8 Å². The molecule has 0 atom stereocenters. The maximum Gasteiger partial charge on any atom is 0.239 e. The molecule has 0 heterocycles. The molecule has 0 aliphatic rings. The fourth-order valence-corrected chi connectivity index (χ4v) is 2.28. The summed E-state index contributed by atoms with van der Waals surface area (Å²) < 4.78 is 1.01. The van der Waals surface area contributed by atoms with Crippen LogP contribution in [0.25, 0.3) is 0 Å². The van der Waals surface area contributed by atoms with Gasteiger partial charge >= 0.3 is 0 Å². The number of rotatable bonds is 6. The lowest BCUT2D eigenvalue weighted by Gasteiger charge is -2.09. The van der Waals surface area contributed by atoms with Crippen molar-refractivity contribution < 1.29 is 9.59 Å². The highest BCUT2D eigenvalue weighted by atomic mass is 79.9. The summed E-state index contributed by atoms with van der Waals surface area (Å²) in [6, 6.07) is 7.81. The molecule has 1 aromatic rings. The van der Waals surface area contributed by atoms with Crippen LogP contribution in [-0.4, -0.2) is 30.2 Å². The zero-order valence-electron chi connectivity index (χ0n) is 10.9. The molecule has 0 bridgehead atoms. The van der Waals surface area contributed by atoms with Crippen molar-refractivity contribution in [1.29, 1.82) is 0 Å². The van der Waals surface area contributed by atoms with E-state index in [4.69, 9.17) is 0 Å². The standard InChI is InChI=1S/C13H17BrN2O2S/c1-9(2)16-12(17)7-15-13(18)8-19-11-5-3-10(14)4-6-11/h3-6,9H,7-8H2,1-2H3,(H,15,18)(H,16,17). The summed E-state index contributed by atoms with van der Waals surface area (Å²) >= 11 is 4.79. The lowest BCUT2D eigenvalue weighted by molar-refractivity contribution is -0.125. The van der Waals surface area contributed by atoms with Crippen molar-refractivity contribution in [2.24, 2.45) is 0 Å². The van der Waals surface area contributed by atoms with E-state index in [0.29, 0.717) is 5.75 Å². The number of carbonyl (C=O) groups excluding carboxylic acids is 2. The molecule has 6 heteroatoms. The van der Waals surface area contributed by atoms with Crippen molar-refractivity contribution in [1.82, 2.24) is 10.6 Å². The fraction of sp³-hybridized carbons (Fsp3) is 0.385. The number of halogens is 1. The molecule has 0 saturated heterocycles. The van der Waals surface area contributed by atoms with Crippen molar-refractivity contribution in [2.45, 2.75) is 24.8 Å². The monoisotopic (exact) mass is 344 g/mol. The number of hydrogen-bond donors (Lipinski definition) is 2. The predicted octanol–water partition coefficient (Wildman–Crippen LogP) is 2.18. The largest absolute Gasteiger partial charge is 0.352 e. The van der Waals surface area contributed by atoms with Crippen LogP contribution in [0.15, 0.2) is 33.6 Å². The van der Waals surface area contributed by atoms with Gasteiger partial charge in [0.05, 0.1) is 12.3 Å². The Morgan fingerprint density at radius 2 is 1.84 bits per heavy atom. The van der Waals surface area contributed by atoms with Crippen LogP contribution >= 0.6 is 27.7 Å². The first-order valence-corrected chi connectivity index (χ1v) is 7.69. The second-order valence-electron chi connectivity index (χ2n) is 4.24. The van der Waals surface area contributed by atoms with Crippen LogP contribution in [-0.2, 0) is 9.59 Å². The summed E-state index contributed by atoms with van der Waals surface area (Å²) in [4.78, 5) is 23.9. The van der Waals surface area contributed by atoms with E-state index in [1.807, 2.05) is 38.1 Å². The Morgan fingerprint density at radius 1 is 1.21 bits per heavy atom. The van der Waals surface area contributed by atoms with E-state index in [1.165, 1.54) is 11.8 Å². The van der Waals surface area contributed by atoms with Crippen LogP contribution in [0.2, 0.25) is 0 Å². The molecule has 2 N–H and O–H groups in total. The second kappa shape index (κ2) is 8.22. The first-order valence-electron chi connectivity index (χ1n) is 5.92. The Bertz CT molecular complexity index is 435. The molecule has 0 saturated carbocycles. The van der Waals surface area contributed by atoms with E-state index < -0.39 is 0 Å². The molecule has 0 spiro atoms. The Hall–Kier alpha value is -1.01. The normalized spacial score (nSPS) is 10.3. The van der Waals surface area contributed by atoms with Gasteiger partial charge in [-0.1, -0.05) is 15.9 Å². The van der Waals surface area contributed by atoms with Gasteiger partial charge in [-0.05, 0) is 38.1 Å². The van der Waals surface area contributed by atoms with Crippen molar-refractivity contribution in [3.8, 4) is 0 Å². The van der Waals surface area contributed by atoms with Gasteiger partial charge < -0.3 is 10.6 Å². The molecule has 0 fully saturated rings. The smallest absolute Gasteiger partial charge is 0.239 e. The van der Waals surface area contributed by atoms with E-state index in [1.54, 1.807) is 0 Å². The minimum atomic E-state index is -0.169. The molecule has 1 aromatic carbocycles. The van der Waals surface area contributed by atoms with Crippen LogP contribution in [0.3, 0.4) is 0 Å². The number of carbonyl (C=O) groups is 2. The third-order valence-electron chi connectivity index (χ3n) is 2.08. The number of amides is 2. The van der Waals surface area contributed by atoms with E-state index in [0.717, 1.165) is 9.37 Å². The summed E-state index contributed by atoms with van der Waals surface area (Å²) in [6.07, 6.45) is 0. The number of nitrogens with one attached hydrogen (secondary N) is 2. The number of benzene rings is 1. The Balaban J connectivity index is 2.24. The second-order valence-corrected chi connectivity index (χ2v) is 6.21. The molecule has 0 aromatic heterocycles. The maximum atomic E-state index is 11.6. The minimum Gasteiger partial charge on any atom is -0.352 e. The summed E-state index contributed by atoms with van der Waals surface area (Å²) in [5.41, 5.74) is 0. The highest BCUT2D eigenvalue weighted by Gasteiger charge is 2.07. The summed E-state index contributed by atoms with van der Waals surface area (Å²) in [6.45, 7) is 3.78. The molecule has 2 amide bonds. The maximum absolute atomic E-state index is 11.6. The first-order chi connectivity index (χ1) is 8.97. The molecule has 1 rings (SSSR count). The van der Waals surface area contributed by atoms with Crippen LogP contribution in [0.4, 0.5) is 0 Å². The van der Waals surface area contributed by atoms with Gasteiger partial charge in [-0.15, -0.1) is 11.8 Å². The van der Waals surface area contributed by atoms with E-state index in [9.17, 15) is 9.59 Å². The number of hydrogen-bond acceptors (Lipinski definition) is 3. The average Bonchev–Trinajstić information content (AvgIpc) is 2.35. The lowest BCUT2D eigenvalue weighted by Crippen LogP contribution is -2.40. The summed E-state index contributed by atoms with van der Waals surface area (Å²) in [5.74, 6) is -0.0137. The first kappa shape index (κ1) is 16.0. The van der Waals surface area contributed by atoms with Gasteiger partial charge in [0.15, 0.2) is 0 Å². The average molecular weight is 345 g/mol. The SMILES string of the molecule is CC(C)NC(=O)CNC(=O)CSc1ccc(Br)cc1. The molecule has 104 valence electrons. The molecular formula is C13H17BrN2O2S. The van der Waals surface area contributed by atoms with Crippen molar-refractivity contribution in [3.05, 3.63) is 28.7 Å². The van der Waals surface area contributed by atoms with E-state index in [2.05, 4.69) is 26.6 Å². The molecule has 19 heavy (non-hydrogen) atoms. The van der Waals surface area contributed by atoms with Crippen LogP contribution in [0, 0.1) is 0 Å². The third kappa shape index (κ3) is 7.22. The molecule has 0 unspecified atom stereocenters. The van der Waals surface area contributed by atoms with Gasteiger partial charge in [0.25, 0.3) is 0 Å². The molecule has 0 radical (unpaired) electrons. The highest BCUT2D eigenvalue weighted by Crippen LogP contribution is 2.20. The van der Waals surface area contributed by atoms with Gasteiger partial charge in [0.2, 0.25) is 11.8 Å². The zero-order valence-corrected chi connectivity index (χ0v) is 13.3. The summed E-state index contributed by atoms with van der Waals surface area (Å²) in [7, 11) is 0. The van der Waals surface area contributed by atoms with Crippen LogP contribution < -0.4 is 10.6 Å². The van der Waals surface area contributed by atoms with E-state index in [-0.39, 0.29) is 24.4 Å². The van der Waals surface area contributed by atoms with Crippen molar-refractivity contribution >= 4 is 39.5 Å². The third-order valence-corrected chi connectivity index (χ3v) is 3.62. The zero-order chi connectivity index (χ0) is 14.3. The quantitative estimate of drug-likeness (QED) is 0.777. The van der Waals surface area contributed by atoms with Gasteiger partial charge in [0, 0.05) is 15.4 Å².